The molecule has 3 rings (SSSR count). The van der Waals surface area contributed by atoms with Gasteiger partial charge in [-0.25, -0.2) is 4.39 Å². The molecular formula is C18H21FN2. The minimum atomic E-state index is -0.179. The number of fused-ring (bicyclic) bond motifs is 1. The van der Waals surface area contributed by atoms with Crippen LogP contribution in [0.5, 0.6) is 0 Å². The van der Waals surface area contributed by atoms with Crippen LogP contribution in [0.25, 0.3) is 0 Å². The van der Waals surface area contributed by atoms with E-state index in [9.17, 15) is 4.39 Å². The van der Waals surface area contributed by atoms with Crippen LogP contribution in [0.1, 0.15) is 36.1 Å². The maximum absolute atomic E-state index is 12.9. The molecule has 3 heteroatoms. The topological polar surface area (TPSA) is 38.0 Å². The number of benzene rings is 2. The molecule has 0 spiro atoms. The quantitative estimate of drug-likeness (QED) is 0.842. The number of rotatable bonds is 4. The van der Waals surface area contributed by atoms with Crippen LogP contribution in [0, 0.1) is 5.82 Å². The van der Waals surface area contributed by atoms with Gasteiger partial charge in [0.2, 0.25) is 0 Å². The fraction of sp³-hybridized carbons (Fsp3) is 0.333. The van der Waals surface area contributed by atoms with Crippen LogP contribution in [-0.4, -0.2) is 6.04 Å². The van der Waals surface area contributed by atoms with Gasteiger partial charge < -0.3 is 11.1 Å². The lowest BCUT2D eigenvalue weighted by atomic mass is 10.0. The van der Waals surface area contributed by atoms with Gasteiger partial charge in [-0.05, 0) is 67.1 Å². The summed E-state index contributed by atoms with van der Waals surface area (Å²) < 4.78 is 12.9. The molecule has 2 aromatic rings. The van der Waals surface area contributed by atoms with Gasteiger partial charge in [0, 0.05) is 17.8 Å². The predicted octanol–water partition coefficient (Wildman–Crippen LogP) is 3.62. The molecule has 2 aromatic carbocycles. The predicted molar refractivity (Wildman–Crippen MR) is 84.6 cm³/mol. The molecular weight excluding hydrogens is 263 g/mol. The third-order valence-electron chi connectivity index (χ3n) is 4.19. The lowest BCUT2D eigenvalue weighted by molar-refractivity contribution is 0.451. The van der Waals surface area contributed by atoms with Gasteiger partial charge in [0.15, 0.2) is 0 Å². The standard InChI is InChI=1S/C18H21FN2/c1-12(10-13-2-5-15(19)6-3-13)21-18-9-4-14-11-16(20)7-8-17(14)18/h2-3,5-8,11-12,18,21H,4,9-10,20H2,1H3. The Morgan fingerprint density at radius 1 is 1.24 bits per heavy atom. The van der Waals surface area contributed by atoms with Gasteiger partial charge in [0.25, 0.3) is 0 Å². The molecule has 0 heterocycles. The molecule has 0 saturated heterocycles. The van der Waals surface area contributed by atoms with Crippen molar-refractivity contribution >= 4 is 5.69 Å². The van der Waals surface area contributed by atoms with E-state index in [2.05, 4.69) is 24.4 Å². The molecule has 0 amide bonds. The first kappa shape index (κ1) is 14.1. The zero-order valence-electron chi connectivity index (χ0n) is 12.3. The van der Waals surface area contributed by atoms with E-state index in [1.165, 1.54) is 23.3 Å². The van der Waals surface area contributed by atoms with E-state index >= 15 is 0 Å². The third-order valence-corrected chi connectivity index (χ3v) is 4.19. The molecule has 21 heavy (non-hydrogen) atoms. The second-order valence-corrected chi connectivity index (χ2v) is 5.95. The zero-order valence-corrected chi connectivity index (χ0v) is 12.3. The molecule has 0 radical (unpaired) electrons. The highest BCUT2D eigenvalue weighted by Crippen LogP contribution is 2.32. The van der Waals surface area contributed by atoms with Crippen LogP contribution in [0.15, 0.2) is 42.5 Å². The van der Waals surface area contributed by atoms with Gasteiger partial charge in [-0.1, -0.05) is 18.2 Å². The molecule has 1 aliphatic rings. The maximum atomic E-state index is 12.9. The van der Waals surface area contributed by atoms with Crippen molar-refractivity contribution in [2.45, 2.75) is 38.3 Å². The number of nitrogens with one attached hydrogen (secondary N) is 1. The van der Waals surface area contributed by atoms with Gasteiger partial charge in [0.1, 0.15) is 5.82 Å². The van der Waals surface area contributed by atoms with Crippen molar-refractivity contribution in [1.82, 2.24) is 5.32 Å². The van der Waals surface area contributed by atoms with Gasteiger partial charge in [0.05, 0.1) is 0 Å². The highest BCUT2D eigenvalue weighted by Gasteiger charge is 2.23. The molecule has 0 aromatic heterocycles. The van der Waals surface area contributed by atoms with Crippen LogP contribution >= 0.6 is 0 Å². The second-order valence-electron chi connectivity index (χ2n) is 5.95. The summed E-state index contributed by atoms with van der Waals surface area (Å²) in [6.45, 7) is 2.18. The van der Waals surface area contributed by atoms with Crippen molar-refractivity contribution in [3.63, 3.8) is 0 Å². The first-order chi connectivity index (χ1) is 10.1. The zero-order chi connectivity index (χ0) is 14.8. The van der Waals surface area contributed by atoms with Gasteiger partial charge in [-0.3, -0.25) is 0 Å². The number of nitrogens with two attached hydrogens (primary N) is 1. The Morgan fingerprint density at radius 3 is 2.76 bits per heavy atom. The summed E-state index contributed by atoms with van der Waals surface area (Å²) in [7, 11) is 0. The molecule has 0 aliphatic heterocycles. The molecule has 2 unspecified atom stereocenters. The van der Waals surface area contributed by atoms with E-state index in [1.807, 2.05) is 18.2 Å². The largest absolute Gasteiger partial charge is 0.399 e. The Bertz CT molecular complexity index is 622. The van der Waals surface area contributed by atoms with Crippen molar-refractivity contribution in [1.29, 1.82) is 0 Å². The second kappa shape index (κ2) is 5.86. The summed E-state index contributed by atoms with van der Waals surface area (Å²) in [6.07, 6.45) is 3.11. The van der Waals surface area contributed by atoms with E-state index in [1.54, 1.807) is 0 Å². The molecule has 0 bridgehead atoms. The Hall–Kier alpha value is -1.87. The van der Waals surface area contributed by atoms with Crippen molar-refractivity contribution < 1.29 is 4.39 Å². The minimum absolute atomic E-state index is 0.179. The van der Waals surface area contributed by atoms with E-state index in [0.717, 1.165) is 30.5 Å². The van der Waals surface area contributed by atoms with Crippen molar-refractivity contribution in [3.8, 4) is 0 Å². The first-order valence-corrected chi connectivity index (χ1v) is 7.50. The Labute approximate surface area is 125 Å². The van der Waals surface area contributed by atoms with Gasteiger partial charge in [-0.2, -0.15) is 0 Å². The number of halogens is 1. The summed E-state index contributed by atoms with van der Waals surface area (Å²) in [5.74, 6) is -0.179. The van der Waals surface area contributed by atoms with Crippen LogP contribution in [-0.2, 0) is 12.8 Å². The van der Waals surface area contributed by atoms with Crippen LogP contribution in [0.3, 0.4) is 0 Å². The van der Waals surface area contributed by atoms with E-state index < -0.39 is 0 Å². The van der Waals surface area contributed by atoms with E-state index in [0.29, 0.717) is 12.1 Å². The SMILES string of the molecule is CC(Cc1ccc(F)cc1)NC1CCc2cc(N)ccc21. The molecule has 1 aliphatic carbocycles. The smallest absolute Gasteiger partial charge is 0.123 e. The summed E-state index contributed by atoms with van der Waals surface area (Å²) in [5, 5.41) is 3.68. The van der Waals surface area contributed by atoms with E-state index in [4.69, 9.17) is 5.73 Å². The van der Waals surface area contributed by atoms with Crippen molar-refractivity contribution in [2.75, 3.05) is 5.73 Å². The Balaban J connectivity index is 1.64. The molecule has 110 valence electrons. The van der Waals surface area contributed by atoms with Gasteiger partial charge in [-0.15, -0.1) is 0 Å². The number of anilines is 1. The van der Waals surface area contributed by atoms with E-state index in [-0.39, 0.29) is 5.82 Å². The average molecular weight is 284 g/mol. The average Bonchev–Trinajstić information content (AvgIpc) is 2.83. The lowest BCUT2D eigenvalue weighted by Gasteiger charge is -2.20. The number of hydrogen-bond acceptors (Lipinski definition) is 2. The van der Waals surface area contributed by atoms with Crippen LogP contribution in [0.2, 0.25) is 0 Å². The Morgan fingerprint density at radius 2 is 2.00 bits per heavy atom. The summed E-state index contributed by atoms with van der Waals surface area (Å²) >= 11 is 0. The Kier molecular flexibility index (Phi) is 3.93. The highest BCUT2D eigenvalue weighted by atomic mass is 19.1. The molecule has 2 nitrogen and oxygen atoms in total. The summed E-state index contributed by atoms with van der Waals surface area (Å²) in [5.41, 5.74) is 10.6. The highest BCUT2D eigenvalue weighted by molar-refractivity contribution is 5.47. The summed E-state index contributed by atoms with van der Waals surface area (Å²) in [4.78, 5) is 0. The first-order valence-electron chi connectivity index (χ1n) is 7.50. The normalized spacial score (nSPS) is 18.5. The molecule has 0 fully saturated rings. The maximum Gasteiger partial charge on any atom is 0.123 e. The van der Waals surface area contributed by atoms with Crippen molar-refractivity contribution in [2.24, 2.45) is 0 Å². The number of nitrogen functional groups attached to an aromatic ring is 1. The minimum Gasteiger partial charge on any atom is -0.399 e. The van der Waals surface area contributed by atoms with Crippen LogP contribution < -0.4 is 11.1 Å². The molecule has 2 atom stereocenters. The lowest BCUT2D eigenvalue weighted by Crippen LogP contribution is -2.31. The fourth-order valence-electron chi connectivity index (χ4n) is 3.19. The van der Waals surface area contributed by atoms with Gasteiger partial charge >= 0.3 is 0 Å². The third kappa shape index (κ3) is 3.24. The molecule has 0 saturated carbocycles. The van der Waals surface area contributed by atoms with Crippen LogP contribution in [0.4, 0.5) is 10.1 Å². The summed E-state index contributed by atoms with van der Waals surface area (Å²) in [6, 6.07) is 13.7. The molecule has 3 N–H and O–H groups in total. The monoisotopic (exact) mass is 284 g/mol. The number of aryl methyl sites for hydroxylation is 1. The number of hydrogen-bond donors (Lipinski definition) is 2. The fourth-order valence-corrected chi connectivity index (χ4v) is 3.19. The van der Waals surface area contributed by atoms with Crippen molar-refractivity contribution in [3.05, 3.63) is 65.0 Å².